The molecule has 0 spiro atoms. The molecular weight excluding hydrogens is 417 g/mol. The van der Waals surface area contributed by atoms with Gasteiger partial charge in [-0.2, -0.15) is 0 Å². The minimum Gasteiger partial charge on any atom is -0.319 e. The Morgan fingerprint density at radius 1 is 1.21 bits per heavy atom. The zero-order valence-electron chi connectivity index (χ0n) is 12.7. The van der Waals surface area contributed by atoms with E-state index < -0.39 is 17.5 Å². The van der Waals surface area contributed by atoms with Crippen LogP contribution in [-0.4, -0.2) is 16.9 Å². The summed E-state index contributed by atoms with van der Waals surface area (Å²) < 4.78 is 0.712. The number of carbonyl (C=O) groups excluding carboxylic acids is 2. The minimum absolute atomic E-state index is 0.316. The van der Waals surface area contributed by atoms with E-state index in [-0.39, 0.29) is 0 Å². The zero-order valence-corrected chi connectivity index (χ0v) is 15.8. The number of urea groups is 1. The lowest BCUT2D eigenvalue weighted by Gasteiger charge is -2.23. The number of nitrogens with zero attached hydrogens (tertiary/aromatic N) is 2. The maximum atomic E-state index is 13.0. The van der Waals surface area contributed by atoms with Crippen molar-refractivity contribution in [1.82, 2.24) is 10.3 Å². The number of pyridine rings is 1. The first-order valence-corrected chi connectivity index (χ1v) is 8.53. The highest BCUT2D eigenvalue weighted by Crippen LogP contribution is 2.36. The van der Waals surface area contributed by atoms with Crippen molar-refractivity contribution in [3.63, 3.8) is 0 Å². The van der Waals surface area contributed by atoms with Gasteiger partial charge in [0.25, 0.3) is 5.91 Å². The molecule has 2 heterocycles. The van der Waals surface area contributed by atoms with Crippen molar-refractivity contribution < 1.29 is 9.59 Å². The predicted molar refractivity (Wildman–Crippen MR) is 96.5 cm³/mol. The second kappa shape index (κ2) is 6.02. The minimum atomic E-state index is -1.24. The second-order valence-electron chi connectivity index (χ2n) is 5.59. The van der Waals surface area contributed by atoms with E-state index in [9.17, 15) is 9.59 Å². The van der Waals surface area contributed by atoms with E-state index in [0.29, 0.717) is 25.8 Å². The summed E-state index contributed by atoms with van der Waals surface area (Å²) in [5.74, 6) is -0.408. The van der Waals surface area contributed by atoms with Crippen LogP contribution in [0, 0.1) is 6.92 Å². The molecule has 0 bridgehead atoms. The van der Waals surface area contributed by atoms with Crippen LogP contribution < -0.4 is 10.2 Å². The summed E-state index contributed by atoms with van der Waals surface area (Å²) in [6, 6.07) is 4.33. The normalized spacial score (nSPS) is 20.5. The zero-order chi connectivity index (χ0) is 17.6. The fraction of sp³-hybridized carbons (Fsp3) is 0.188. The summed E-state index contributed by atoms with van der Waals surface area (Å²) in [6.07, 6.45) is 3.09. The molecule has 1 aliphatic rings. The molecular formula is C16H12BrCl2N3O2. The van der Waals surface area contributed by atoms with Crippen molar-refractivity contribution in [1.29, 1.82) is 0 Å². The van der Waals surface area contributed by atoms with Crippen LogP contribution in [0.25, 0.3) is 0 Å². The topological polar surface area (TPSA) is 62.3 Å². The number of hydrogen-bond donors (Lipinski definition) is 1. The van der Waals surface area contributed by atoms with Crippen LogP contribution in [-0.2, 0) is 10.3 Å². The molecule has 124 valence electrons. The Hall–Kier alpha value is -1.63. The third kappa shape index (κ3) is 2.59. The van der Waals surface area contributed by atoms with Gasteiger partial charge in [0.15, 0.2) is 0 Å². The van der Waals surface area contributed by atoms with E-state index in [0.717, 1.165) is 10.5 Å². The van der Waals surface area contributed by atoms with Crippen LogP contribution in [0.2, 0.25) is 10.0 Å². The number of rotatable bonds is 2. The van der Waals surface area contributed by atoms with E-state index in [1.54, 1.807) is 38.2 Å². The van der Waals surface area contributed by atoms with Gasteiger partial charge in [0.2, 0.25) is 0 Å². The Bertz CT molecular complexity index is 874. The van der Waals surface area contributed by atoms with Crippen molar-refractivity contribution in [3.8, 4) is 0 Å². The molecule has 3 rings (SSSR count). The average molecular weight is 429 g/mol. The predicted octanol–water partition coefficient (Wildman–Crippen LogP) is 4.43. The molecule has 24 heavy (non-hydrogen) atoms. The summed E-state index contributed by atoms with van der Waals surface area (Å²) in [5, 5.41) is 3.43. The Morgan fingerprint density at radius 2 is 1.92 bits per heavy atom. The Labute approximate surface area is 157 Å². The summed E-state index contributed by atoms with van der Waals surface area (Å²) in [7, 11) is 0. The number of halogens is 3. The van der Waals surface area contributed by atoms with Gasteiger partial charge < -0.3 is 5.32 Å². The molecule has 8 heteroatoms. The molecule has 1 atom stereocenters. The number of benzene rings is 1. The maximum absolute atomic E-state index is 13.0. The van der Waals surface area contributed by atoms with Gasteiger partial charge in [0.05, 0.1) is 21.9 Å². The lowest BCUT2D eigenvalue weighted by atomic mass is 9.92. The number of nitrogens with one attached hydrogen (secondary N) is 1. The molecule has 2 aromatic rings. The molecule has 1 N–H and O–H groups in total. The van der Waals surface area contributed by atoms with Crippen molar-refractivity contribution in [2.24, 2.45) is 0 Å². The van der Waals surface area contributed by atoms with Crippen LogP contribution in [0.5, 0.6) is 0 Å². The van der Waals surface area contributed by atoms with Crippen LogP contribution in [0.4, 0.5) is 10.5 Å². The Balaban J connectivity index is 2.08. The summed E-state index contributed by atoms with van der Waals surface area (Å²) in [6.45, 7) is 3.43. The number of anilines is 1. The van der Waals surface area contributed by atoms with Gasteiger partial charge in [-0.05, 0) is 53.0 Å². The van der Waals surface area contributed by atoms with E-state index in [4.69, 9.17) is 23.2 Å². The molecule has 1 aliphatic heterocycles. The number of aromatic nitrogens is 1. The molecule has 1 fully saturated rings. The molecule has 0 saturated carbocycles. The Morgan fingerprint density at radius 3 is 2.58 bits per heavy atom. The molecule has 0 aliphatic carbocycles. The lowest BCUT2D eigenvalue weighted by molar-refractivity contribution is -0.121. The molecule has 5 nitrogen and oxygen atoms in total. The largest absolute Gasteiger partial charge is 0.330 e. The summed E-state index contributed by atoms with van der Waals surface area (Å²) >= 11 is 15.3. The monoisotopic (exact) mass is 427 g/mol. The standard InChI is InChI=1S/C16H12BrCl2N3O2/c1-8-10(17)6-20-7-13(8)22-14(23)16(2,21-15(22)24)9-3-4-11(18)12(19)5-9/h3-7H,1-2H3,(H,21,24). The second-order valence-corrected chi connectivity index (χ2v) is 7.26. The Kier molecular flexibility index (Phi) is 4.32. The van der Waals surface area contributed by atoms with Crippen molar-refractivity contribution in [2.75, 3.05) is 4.90 Å². The molecule has 3 amide bonds. The summed E-state index contributed by atoms with van der Waals surface area (Å²) in [4.78, 5) is 30.6. The highest BCUT2D eigenvalue weighted by molar-refractivity contribution is 9.10. The van der Waals surface area contributed by atoms with Crippen molar-refractivity contribution in [2.45, 2.75) is 19.4 Å². The van der Waals surface area contributed by atoms with Crippen LogP contribution in [0.1, 0.15) is 18.1 Å². The molecule has 1 unspecified atom stereocenters. The third-order valence-electron chi connectivity index (χ3n) is 4.06. The summed E-state index contributed by atoms with van der Waals surface area (Å²) in [5.41, 5.74) is 0.487. The highest BCUT2D eigenvalue weighted by Gasteiger charge is 2.50. The van der Waals surface area contributed by atoms with Crippen LogP contribution in [0.15, 0.2) is 35.1 Å². The van der Waals surface area contributed by atoms with Crippen LogP contribution >= 0.6 is 39.1 Å². The maximum Gasteiger partial charge on any atom is 0.330 e. The van der Waals surface area contributed by atoms with Crippen molar-refractivity contribution >= 4 is 56.8 Å². The number of imide groups is 1. The van der Waals surface area contributed by atoms with Crippen LogP contribution in [0.3, 0.4) is 0 Å². The van der Waals surface area contributed by atoms with Crippen molar-refractivity contribution in [3.05, 3.63) is 56.2 Å². The van der Waals surface area contributed by atoms with Gasteiger partial charge in [0, 0.05) is 10.7 Å². The first-order chi connectivity index (χ1) is 11.3. The van der Waals surface area contributed by atoms with Gasteiger partial charge in [-0.3, -0.25) is 9.78 Å². The van der Waals surface area contributed by atoms with Gasteiger partial charge in [-0.25, -0.2) is 9.69 Å². The molecule has 1 aromatic heterocycles. The van der Waals surface area contributed by atoms with E-state index in [1.165, 1.54) is 6.20 Å². The quantitative estimate of drug-likeness (QED) is 0.719. The van der Waals surface area contributed by atoms with Gasteiger partial charge in [-0.1, -0.05) is 29.3 Å². The molecule has 1 saturated heterocycles. The van der Waals surface area contributed by atoms with E-state index in [2.05, 4.69) is 26.2 Å². The van der Waals surface area contributed by atoms with Gasteiger partial charge >= 0.3 is 6.03 Å². The van der Waals surface area contributed by atoms with Gasteiger partial charge in [0.1, 0.15) is 5.54 Å². The average Bonchev–Trinajstić information content (AvgIpc) is 2.76. The number of hydrogen-bond acceptors (Lipinski definition) is 3. The third-order valence-corrected chi connectivity index (χ3v) is 5.59. The number of carbonyl (C=O) groups is 2. The lowest BCUT2D eigenvalue weighted by Crippen LogP contribution is -2.41. The van der Waals surface area contributed by atoms with E-state index >= 15 is 0 Å². The molecule has 0 radical (unpaired) electrons. The smallest absolute Gasteiger partial charge is 0.319 e. The van der Waals surface area contributed by atoms with Gasteiger partial charge in [-0.15, -0.1) is 0 Å². The molecule has 1 aromatic carbocycles. The number of amides is 3. The first kappa shape index (κ1) is 17.2. The van der Waals surface area contributed by atoms with E-state index in [1.807, 2.05) is 0 Å². The highest BCUT2D eigenvalue weighted by atomic mass is 79.9. The fourth-order valence-corrected chi connectivity index (χ4v) is 3.19. The SMILES string of the molecule is Cc1c(Br)cncc1N1C(=O)NC(C)(c2ccc(Cl)c(Cl)c2)C1=O. The fourth-order valence-electron chi connectivity index (χ4n) is 2.58. The first-order valence-electron chi connectivity index (χ1n) is 6.98.